The SMILES string of the molecule is O=C(c1ccc(F)cc1)N1CCC(O)(Cn2cnc3c(cnn3-c3ccc(N4CCCc5cnccc54)cc3)c2=O)CC1. The molecule has 2 aromatic carbocycles. The number of aromatic nitrogens is 5. The second kappa shape index (κ2) is 10.7. The second-order valence-electron chi connectivity index (χ2n) is 11.3. The van der Waals surface area contributed by atoms with Gasteiger partial charge < -0.3 is 14.9 Å². The molecular formula is C32H30FN7O3. The summed E-state index contributed by atoms with van der Waals surface area (Å²) in [5.74, 6) is -0.609. The van der Waals surface area contributed by atoms with E-state index in [4.69, 9.17) is 0 Å². The molecule has 1 saturated heterocycles. The number of rotatable bonds is 5. The van der Waals surface area contributed by atoms with Crippen molar-refractivity contribution in [2.75, 3.05) is 24.5 Å². The Kier molecular flexibility index (Phi) is 6.73. The molecule has 0 unspecified atom stereocenters. The number of hydrogen-bond donors (Lipinski definition) is 1. The molecule has 1 amide bonds. The van der Waals surface area contributed by atoms with Crippen molar-refractivity contribution in [3.8, 4) is 5.69 Å². The molecule has 0 radical (unpaired) electrons. The molecule has 5 heterocycles. The summed E-state index contributed by atoms with van der Waals surface area (Å²) in [5.41, 5.74) is 3.65. The van der Waals surface area contributed by atoms with Crippen molar-refractivity contribution in [1.82, 2.24) is 29.2 Å². The van der Waals surface area contributed by atoms with Crippen LogP contribution in [-0.4, -0.2) is 65.5 Å². The van der Waals surface area contributed by atoms with Gasteiger partial charge in [0.15, 0.2) is 5.65 Å². The Bertz CT molecular complexity index is 1860. The maximum Gasteiger partial charge on any atom is 0.264 e. The molecule has 0 spiro atoms. The fourth-order valence-electron chi connectivity index (χ4n) is 6.09. The Morgan fingerprint density at radius 3 is 2.47 bits per heavy atom. The zero-order valence-corrected chi connectivity index (χ0v) is 23.4. The largest absolute Gasteiger partial charge is 0.388 e. The molecule has 10 nitrogen and oxygen atoms in total. The van der Waals surface area contributed by atoms with E-state index in [1.807, 2.05) is 42.7 Å². The Balaban J connectivity index is 1.06. The Morgan fingerprint density at radius 1 is 0.953 bits per heavy atom. The summed E-state index contributed by atoms with van der Waals surface area (Å²) < 4.78 is 16.3. The van der Waals surface area contributed by atoms with Gasteiger partial charge in [0.2, 0.25) is 0 Å². The Labute approximate surface area is 246 Å². The van der Waals surface area contributed by atoms with Crippen molar-refractivity contribution < 1.29 is 14.3 Å². The van der Waals surface area contributed by atoms with Crippen LogP contribution in [-0.2, 0) is 13.0 Å². The zero-order valence-electron chi connectivity index (χ0n) is 23.4. The molecule has 1 N–H and O–H groups in total. The molecule has 1 fully saturated rings. The fraction of sp³-hybridized carbons (Fsp3) is 0.281. The number of halogens is 1. The van der Waals surface area contributed by atoms with Crippen LogP contribution in [0.5, 0.6) is 0 Å². The van der Waals surface area contributed by atoms with Crippen molar-refractivity contribution in [2.24, 2.45) is 0 Å². The van der Waals surface area contributed by atoms with Gasteiger partial charge in [0, 0.05) is 49.0 Å². The number of hydrogen-bond acceptors (Lipinski definition) is 7. The van der Waals surface area contributed by atoms with Gasteiger partial charge in [-0.15, -0.1) is 0 Å². The average Bonchev–Trinajstić information content (AvgIpc) is 3.48. The topological polar surface area (TPSA) is 109 Å². The number of piperidine rings is 1. The van der Waals surface area contributed by atoms with Crippen molar-refractivity contribution >= 4 is 28.3 Å². The van der Waals surface area contributed by atoms with Crippen molar-refractivity contribution in [3.05, 3.63) is 107 Å². The van der Waals surface area contributed by atoms with E-state index in [1.54, 1.807) is 9.58 Å². The monoisotopic (exact) mass is 579 g/mol. The van der Waals surface area contributed by atoms with Crippen LogP contribution in [0.4, 0.5) is 15.8 Å². The van der Waals surface area contributed by atoms with Gasteiger partial charge in [-0.1, -0.05) is 0 Å². The lowest BCUT2D eigenvalue weighted by Gasteiger charge is -2.38. The minimum atomic E-state index is -1.17. The maximum atomic E-state index is 13.4. The molecule has 0 bridgehead atoms. The molecule has 2 aliphatic heterocycles. The van der Waals surface area contributed by atoms with Crippen LogP contribution >= 0.6 is 0 Å². The molecular weight excluding hydrogens is 549 g/mol. The number of anilines is 2. The second-order valence-corrected chi connectivity index (χ2v) is 11.3. The number of pyridine rings is 1. The van der Waals surface area contributed by atoms with Crippen molar-refractivity contribution in [3.63, 3.8) is 0 Å². The predicted molar refractivity (Wildman–Crippen MR) is 159 cm³/mol. The first-order valence-corrected chi connectivity index (χ1v) is 14.4. The van der Waals surface area contributed by atoms with Gasteiger partial charge in [0.1, 0.15) is 17.5 Å². The van der Waals surface area contributed by atoms with Crippen LogP contribution in [0, 0.1) is 5.82 Å². The number of likely N-dealkylation sites (tertiary alicyclic amines) is 1. The fourth-order valence-corrected chi connectivity index (χ4v) is 6.09. The average molecular weight is 580 g/mol. The quantitative estimate of drug-likeness (QED) is 0.337. The summed E-state index contributed by atoms with van der Waals surface area (Å²) in [4.78, 5) is 38.9. The number of fused-ring (bicyclic) bond motifs is 2. The lowest BCUT2D eigenvalue weighted by molar-refractivity contribution is -0.0299. The van der Waals surface area contributed by atoms with E-state index in [1.165, 1.54) is 52.6 Å². The number of carbonyl (C=O) groups excluding carboxylic acids is 1. The summed E-state index contributed by atoms with van der Waals surface area (Å²) in [7, 11) is 0. The highest BCUT2D eigenvalue weighted by atomic mass is 19.1. The molecule has 11 heteroatoms. The van der Waals surface area contributed by atoms with E-state index < -0.39 is 11.4 Å². The predicted octanol–water partition coefficient (Wildman–Crippen LogP) is 3.87. The van der Waals surface area contributed by atoms with Gasteiger partial charge in [-0.25, -0.2) is 14.1 Å². The molecule has 5 aromatic rings. The molecule has 3 aromatic heterocycles. The lowest BCUT2D eigenvalue weighted by atomic mass is 9.91. The van der Waals surface area contributed by atoms with E-state index >= 15 is 0 Å². The molecule has 43 heavy (non-hydrogen) atoms. The third-order valence-electron chi connectivity index (χ3n) is 8.49. The third kappa shape index (κ3) is 5.05. The van der Waals surface area contributed by atoms with Crippen LogP contribution in [0.15, 0.2) is 84.3 Å². The van der Waals surface area contributed by atoms with E-state index in [9.17, 15) is 19.1 Å². The minimum Gasteiger partial charge on any atom is -0.388 e. The van der Waals surface area contributed by atoms with E-state index in [-0.39, 0.29) is 18.0 Å². The number of aliphatic hydroxyl groups is 1. The number of aryl methyl sites for hydroxylation is 1. The number of amides is 1. The Hall–Kier alpha value is -4.90. The first-order valence-electron chi connectivity index (χ1n) is 14.4. The molecule has 0 saturated carbocycles. The smallest absolute Gasteiger partial charge is 0.264 e. The number of benzene rings is 2. The molecule has 0 atom stereocenters. The van der Waals surface area contributed by atoms with Gasteiger partial charge in [0.25, 0.3) is 11.5 Å². The highest BCUT2D eigenvalue weighted by molar-refractivity contribution is 5.94. The van der Waals surface area contributed by atoms with Crippen LogP contribution < -0.4 is 10.5 Å². The summed E-state index contributed by atoms with van der Waals surface area (Å²) in [6.45, 7) is 1.63. The molecule has 2 aliphatic rings. The van der Waals surface area contributed by atoms with E-state index in [0.717, 1.165) is 30.8 Å². The molecule has 7 rings (SSSR count). The van der Waals surface area contributed by atoms with Gasteiger partial charge in [-0.3, -0.25) is 19.1 Å². The van der Waals surface area contributed by atoms with Crippen LogP contribution in [0.25, 0.3) is 16.7 Å². The third-order valence-corrected chi connectivity index (χ3v) is 8.49. The Morgan fingerprint density at radius 2 is 1.70 bits per heavy atom. The van der Waals surface area contributed by atoms with Gasteiger partial charge >= 0.3 is 0 Å². The van der Waals surface area contributed by atoms with Gasteiger partial charge in [0.05, 0.1) is 24.0 Å². The molecule has 0 aliphatic carbocycles. The first-order chi connectivity index (χ1) is 20.9. The van der Waals surface area contributed by atoms with Crippen LogP contribution in [0.2, 0.25) is 0 Å². The van der Waals surface area contributed by atoms with Crippen molar-refractivity contribution in [1.29, 1.82) is 0 Å². The highest BCUT2D eigenvalue weighted by Gasteiger charge is 2.35. The summed E-state index contributed by atoms with van der Waals surface area (Å²) >= 11 is 0. The number of nitrogens with zero attached hydrogens (tertiary/aromatic N) is 7. The first kappa shape index (κ1) is 27.0. The minimum absolute atomic E-state index is 0.0556. The summed E-state index contributed by atoms with van der Waals surface area (Å²) in [5, 5.41) is 16.1. The van der Waals surface area contributed by atoms with Crippen LogP contribution in [0.1, 0.15) is 35.2 Å². The molecule has 218 valence electrons. The van der Waals surface area contributed by atoms with Gasteiger partial charge in [-0.2, -0.15) is 5.10 Å². The maximum absolute atomic E-state index is 13.4. The number of carbonyl (C=O) groups is 1. The van der Waals surface area contributed by atoms with Crippen LogP contribution in [0.3, 0.4) is 0 Å². The van der Waals surface area contributed by atoms with E-state index in [2.05, 4.69) is 20.0 Å². The van der Waals surface area contributed by atoms with E-state index in [0.29, 0.717) is 42.5 Å². The van der Waals surface area contributed by atoms with Crippen molar-refractivity contribution in [2.45, 2.75) is 37.8 Å². The normalized spacial score (nSPS) is 16.3. The van der Waals surface area contributed by atoms with Gasteiger partial charge in [-0.05, 0) is 85.8 Å². The zero-order chi connectivity index (χ0) is 29.6. The summed E-state index contributed by atoms with van der Waals surface area (Å²) in [6.07, 6.45) is 9.39. The summed E-state index contributed by atoms with van der Waals surface area (Å²) in [6, 6.07) is 15.5. The highest BCUT2D eigenvalue weighted by Crippen LogP contribution is 2.33. The standard InChI is InChI=1S/C32H30FN7O3/c33-24-5-3-22(4-6-24)30(41)37-16-12-32(43,13-17-37)20-38-21-35-29-27(31(38)42)19-36-40(29)26-9-7-25(8-10-26)39-15-1-2-23-18-34-14-11-28(23)39/h3-11,14,18-19,21,43H,1-2,12-13,15-17,20H2. The lowest BCUT2D eigenvalue weighted by Crippen LogP contribution is -2.49.